The minimum atomic E-state index is -3.28. The van der Waals surface area contributed by atoms with Crippen molar-refractivity contribution in [1.29, 1.82) is 0 Å². The number of hydrogen-bond acceptors (Lipinski definition) is 2. The lowest BCUT2D eigenvalue weighted by atomic mass is 10.2. The van der Waals surface area contributed by atoms with E-state index in [1.165, 1.54) is 5.57 Å². The molecule has 0 atom stereocenters. The van der Waals surface area contributed by atoms with Crippen LogP contribution in [0.15, 0.2) is 11.6 Å². The van der Waals surface area contributed by atoms with Crippen LogP contribution in [-0.4, -0.2) is 14.2 Å². The second kappa shape index (κ2) is 3.59. The van der Waals surface area contributed by atoms with Crippen molar-refractivity contribution in [2.45, 2.75) is 25.7 Å². The van der Waals surface area contributed by atoms with Crippen molar-refractivity contribution in [2.75, 3.05) is 5.75 Å². The molecule has 0 N–H and O–H groups in total. The van der Waals surface area contributed by atoms with Crippen LogP contribution in [0.5, 0.6) is 0 Å². The molecule has 0 fully saturated rings. The first-order valence-electron chi connectivity index (χ1n) is 3.68. The zero-order valence-electron chi connectivity index (χ0n) is 6.22. The van der Waals surface area contributed by atoms with E-state index >= 15 is 0 Å². The third-order valence-corrected chi connectivity index (χ3v) is 2.96. The summed E-state index contributed by atoms with van der Waals surface area (Å²) in [6, 6.07) is 0. The molecule has 0 spiro atoms. The maximum absolute atomic E-state index is 10.5. The van der Waals surface area contributed by atoms with Gasteiger partial charge in [0.25, 0.3) is 0 Å². The molecule has 1 rings (SSSR count). The van der Waals surface area contributed by atoms with E-state index in [1.807, 2.05) is 0 Å². The van der Waals surface area contributed by atoms with Gasteiger partial charge in [0.05, 0.1) is 5.75 Å². The summed E-state index contributed by atoms with van der Waals surface area (Å²) in [6.07, 6.45) is 6.04. The van der Waals surface area contributed by atoms with E-state index in [1.54, 1.807) is 0 Å². The first kappa shape index (κ1) is 9.07. The molecule has 1 aliphatic rings. The Morgan fingerprint density at radius 2 is 2.27 bits per heavy atom. The molecule has 64 valence electrons. The van der Waals surface area contributed by atoms with E-state index in [0.717, 1.165) is 19.3 Å². The quantitative estimate of drug-likeness (QED) is 0.509. The molecule has 0 saturated heterocycles. The van der Waals surface area contributed by atoms with Crippen molar-refractivity contribution in [3.05, 3.63) is 11.6 Å². The molecule has 0 aromatic carbocycles. The fourth-order valence-electron chi connectivity index (χ4n) is 1.22. The molecular formula is C7H11ClO2S. The fraction of sp³-hybridized carbons (Fsp3) is 0.714. The lowest BCUT2D eigenvalue weighted by Crippen LogP contribution is -1.97. The van der Waals surface area contributed by atoms with Gasteiger partial charge in [-0.2, -0.15) is 0 Å². The van der Waals surface area contributed by atoms with Gasteiger partial charge in [-0.3, -0.25) is 0 Å². The van der Waals surface area contributed by atoms with E-state index in [4.69, 9.17) is 10.7 Å². The average molecular weight is 195 g/mol. The third kappa shape index (κ3) is 3.77. The molecule has 4 heteroatoms. The van der Waals surface area contributed by atoms with E-state index in [2.05, 4.69) is 6.08 Å². The van der Waals surface area contributed by atoms with Gasteiger partial charge in [0, 0.05) is 10.7 Å². The van der Waals surface area contributed by atoms with E-state index < -0.39 is 9.05 Å². The molecular weight excluding hydrogens is 184 g/mol. The molecule has 0 amide bonds. The number of rotatable bonds is 3. The van der Waals surface area contributed by atoms with Crippen LogP contribution in [0.1, 0.15) is 25.7 Å². The van der Waals surface area contributed by atoms with Gasteiger partial charge in [0.1, 0.15) is 0 Å². The van der Waals surface area contributed by atoms with Crippen molar-refractivity contribution in [1.82, 2.24) is 0 Å². The Hall–Kier alpha value is -0.0200. The molecule has 11 heavy (non-hydrogen) atoms. The van der Waals surface area contributed by atoms with Crippen molar-refractivity contribution < 1.29 is 8.42 Å². The first-order valence-corrected chi connectivity index (χ1v) is 6.16. The van der Waals surface area contributed by atoms with Gasteiger partial charge >= 0.3 is 0 Å². The predicted molar refractivity (Wildman–Crippen MR) is 46.2 cm³/mol. The Balaban J connectivity index is 2.33. The fourth-order valence-corrected chi connectivity index (χ4v) is 1.95. The predicted octanol–water partition coefficient (Wildman–Crippen LogP) is 2.06. The van der Waals surface area contributed by atoms with Crippen LogP contribution in [0.2, 0.25) is 0 Å². The molecule has 0 bridgehead atoms. The summed E-state index contributed by atoms with van der Waals surface area (Å²) in [4.78, 5) is 0. The summed E-state index contributed by atoms with van der Waals surface area (Å²) in [5, 5.41) is 0. The van der Waals surface area contributed by atoms with E-state index in [9.17, 15) is 8.42 Å². The summed E-state index contributed by atoms with van der Waals surface area (Å²) in [6.45, 7) is 0. The van der Waals surface area contributed by atoms with Gasteiger partial charge in [0.15, 0.2) is 0 Å². The van der Waals surface area contributed by atoms with Gasteiger partial charge in [0.2, 0.25) is 9.05 Å². The Morgan fingerprint density at radius 3 is 2.73 bits per heavy atom. The highest BCUT2D eigenvalue weighted by atomic mass is 35.7. The van der Waals surface area contributed by atoms with Crippen LogP contribution in [0.3, 0.4) is 0 Å². The molecule has 0 aliphatic heterocycles. The van der Waals surface area contributed by atoms with Crippen LogP contribution in [-0.2, 0) is 9.05 Å². The van der Waals surface area contributed by atoms with Crippen molar-refractivity contribution >= 4 is 19.7 Å². The average Bonchev–Trinajstić information content (AvgIpc) is 2.32. The molecule has 0 aromatic rings. The lowest BCUT2D eigenvalue weighted by molar-refractivity contribution is 0.608. The number of hydrogen-bond donors (Lipinski definition) is 0. The monoisotopic (exact) mass is 194 g/mol. The summed E-state index contributed by atoms with van der Waals surface area (Å²) >= 11 is 0. The third-order valence-electron chi connectivity index (χ3n) is 1.80. The molecule has 0 heterocycles. The molecule has 0 saturated carbocycles. The highest BCUT2D eigenvalue weighted by Crippen LogP contribution is 2.21. The molecule has 0 radical (unpaired) electrons. The van der Waals surface area contributed by atoms with Gasteiger partial charge in [-0.25, -0.2) is 8.42 Å². The lowest BCUT2D eigenvalue weighted by Gasteiger charge is -1.97. The SMILES string of the molecule is O=S(=O)(Cl)CCC1=CCCC1. The summed E-state index contributed by atoms with van der Waals surface area (Å²) in [7, 11) is 1.78. The van der Waals surface area contributed by atoms with Gasteiger partial charge < -0.3 is 0 Å². The molecule has 1 aliphatic carbocycles. The molecule has 0 unspecified atom stereocenters. The smallest absolute Gasteiger partial charge is 0.212 e. The molecule has 0 aromatic heterocycles. The summed E-state index contributed by atoms with van der Waals surface area (Å²) in [5.74, 6) is 0.0837. The number of allylic oxidation sites excluding steroid dienone is 2. The molecule has 2 nitrogen and oxygen atoms in total. The van der Waals surface area contributed by atoms with Gasteiger partial charge in [-0.05, 0) is 25.7 Å². The highest BCUT2D eigenvalue weighted by Gasteiger charge is 2.09. The number of halogens is 1. The summed E-state index contributed by atoms with van der Waals surface area (Å²) in [5.41, 5.74) is 1.24. The second-order valence-corrected chi connectivity index (χ2v) is 5.64. The van der Waals surface area contributed by atoms with Crippen LogP contribution in [0.4, 0.5) is 0 Å². The van der Waals surface area contributed by atoms with Crippen molar-refractivity contribution in [3.8, 4) is 0 Å². The standard InChI is InChI=1S/C7H11ClO2S/c8-11(9,10)6-5-7-3-1-2-4-7/h3H,1-2,4-6H2. The van der Waals surface area contributed by atoms with Crippen molar-refractivity contribution in [2.24, 2.45) is 0 Å². The van der Waals surface area contributed by atoms with Crippen LogP contribution in [0.25, 0.3) is 0 Å². The Kier molecular flexibility index (Phi) is 2.96. The zero-order chi connectivity index (χ0) is 8.32. The summed E-state index contributed by atoms with van der Waals surface area (Å²) < 4.78 is 21.1. The zero-order valence-corrected chi connectivity index (χ0v) is 7.79. The first-order chi connectivity index (χ1) is 5.08. The maximum atomic E-state index is 10.5. The van der Waals surface area contributed by atoms with Crippen LogP contribution in [0, 0.1) is 0 Å². The highest BCUT2D eigenvalue weighted by molar-refractivity contribution is 8.13. The second-order valence-electron chi connectivity index (χ2n) is 2.75. The Morgan fingerprint density at radius 1 is 1.55 bits per heavy atom. The van der Waals surface area contributed by atoms with E-state index in [-0.39, 0.29) is 5.75 Å². The largest absolute Gasteiger partial charge is 0.232 e. The minimum absolute atomic E-state index is 0.0837. The minimum Gasteiger partial charge on any atom is -0.212 e. The maximum Gasteiger partial charge on any atom is 0.232 e. The Labute approximate surface area is 71.7 Å². The normalized spacial score (nSPS) is 18.5. The van der Waals surface area contributed by atoms with Gasteiger partial charge in [-0.15, -0.1) is 0 Å². The van der Waals surface area contributed by atoms with E-state index in [0.29, 0.717) is 6.42 Å². The Bertz CT molecular complexity index is 254. The van der Waals surface area contributed by atoms with Gasteiger partial charge in [-0.1, -0.05) is 11.6 Å². The van der Waals surface area contributed by atoms with Crippen LogP contribution < -0.4 is 0 Å². The van der Waals surface area contributed by atoms with Crippen LogP contribution >= 0.6 is 10.7 Å². The topological polar surface area (TPSA) is 34.1 Å². The van der Waals surface area contributed by atoms with Crippen molar-refractivity contribution in [3.63, 3.8) is 0 Å².